The maximum absolute atomic E-state index is 15.4. The summed E-state index contributed by atoms with van der Waals surface area (Å²) >= 11 is 0. The molecule has 0 aromatic heterocycles. The van der Waals surface area contributed by atoms with E-state index in [0.717, 1.165) is 30.7 Å². The summed E-state index contributed by atoms with van der Waals surface area (Å²) in [7, 11) is 0. The third-order valence-corrected chi connectivity index (χ3v) is 7.64. The van der Waals surface area contributed by atoms with Crippen LogP contribution in [0.15, 0.2) is 30.9 Å². The summed E-state index contributed by atoms with van der Waals surface area (Å²) in [5, 5.41) is 0.268. The predicted molar refractivity (Wildman–Crippen MR) is 118 cm³/mol. The first-order chi connectivity index (χ1) is 14.5. The first-order valence-corrected chi connectivity index (χ1v) is 11.7. The summed E-state index contributed by atoms with van der Waals surface area (Å²) in [5.74, 6) is 0.160. The molecule has 3 heteroatoms. The number of hydrogen-bond donors (Lipinski definition) is 0. The van der Waals surface area contributed by atoms with E-state index in [1.54, 1.807) is 12.1 Å². The molecule has 4 unspecified atom stereocenters. The van der Waals surface area contributed by atoms with Crippen molar-refractivity contribution in [2.45, 2.75) is 77.0 Å². The molecule has 0 bridgehead atoms. The van der Waals surface area contributed by atoms with Crippen molar-refractivity contribution in [2.75, 3.05) is 0 Å². The van der Waals surface area contributed by atoms with E-state index in [9.17, 15) is 4.39 Å². The minimum Gasteiger partial charge on any atom is -0.207 e. The van der Waals surface area contributed by atoms with Gasteiger partial charge >= 0.3 is 0 Å². The lowest BCUT2D eigenvalue weighted by Gasteiger charge is -2.42. The smallest absolute Gasteiger partial charge is 0.140 e. The van der Waals surface area contributed by atoms with Gasteiger partial charge in [0.1, 0.15) is 17.5 Å². The zero-order valence-corrected chi connectivity index (χ0v) is 18.0. The molecule has 2 aromatic rings. The number of rotatable bonds is 6. The Morgan fingerprint density at radius 2 is 1.73 bits per heavy atom. The molecule has 162 valence electrons. The topological polar surface area (TPSA) is 0 Å². The van der Waals surface area contributed by atoms with Crippen molar-refractivity contribution in [1.82, 2.24) is 0 Å². The molecule has 0 amide bonds. The van der Waals surface area contributed by atoms with Crippen molar-refractivity contribution in [3.05, 3.63) is 59.4 Å². The van der Waals surface area contributed by atoms with Gasteiger partial charge in [0.15, 0.2) is 0 Å². The van der Waals surface area contributed by atoms with Gasteiger partial charge in [0, 0.05) is 5.56 Å². The highest BCUT2D eigenvalue weighted by molar-refractivity contribution is 5.85. The third-order valence-electron chi connectivity index (χ3n) is 7.64. The molecule has 0 heterocycles. The maximum Gasteiger partial charge on any atom is 0.140 e. The summed E-state index contributed by atoms with van der Waals surface area (Å²) in [6, 6.07) is 4.45. The summed E-state index contributed by atoms with van der Waals surface area (Å²) in [5.41, 5.74) is 0.866. The SMILES string of the molecule is C=CCCc1cc(F)c2c(F)c(C3CCC4CC(CCC)CCC4C3)c(F)cc2c1. The van der Waals surface area contributed by atoms with Gasteiger partial charge in [-0.2, -0.15) is 0 Å². The zero-order chi connectivity index (χ0) is 21.3. The Labute approximate surface area is 178 Å². The highest BCUT2D eigenvalue weighted by Crippen LogP contribution is 2.49. The van der Waals surface area contributed by atoms with Crippen LogP contribution in [0.5, 0.6) is 0 Å². The molecule has 0 spiro atoms. The van der Waals surface area contributed by atoms with Crippen LogP contribution in [0.25, 0.3) is 10.8 Å². The van der Waals surface area contributed by atoms with E-state index in [-0.39, 0.29) is 16.9 Å². The van der Waals surface area contributed by atoms with Crippen LogP contribution in [-0.4, -0.2) is 0 Å². The van der Waals surface area contributed by atoms with Crippen LogP contribution in [0.4, 0.5) is 13.2 Å². The van der Waals surface area contributed by atoms with Crippen molar-refractivity contribution in [1.29, 1.82) is 0 Å². The molecule has 0 aliphatic heterocycles. The molecule has 0 N–H and O–H groups in total. The molecule has 4 rings (SSSR count). The van der Waals surface area contributed by atoms with E-state index in [2.05, 4.69) is 13.5 Å². The van der Waals surface area contributed by atoms with Crippen LogP contribution in [0.3, 0.4) is 0 Å². The number of halogens is 3. The number of fused-ring (bicyclic) bond motifs is 2. The van der Waals surface area contributed by atoms with E-state index in [4.69, 9.17) is 0 Å². The second kappa shape index (κ2) is 9.16. The van der Waals surface area contributed by atoms with Crippen LogP contribution in [-0.2, 0) is 6.42 Å². The lowest BCUT2D eigenvalue weighted by molar-refractivity contribution is 0.112. The van der Waals surface area contributed by atoms with Crippen molar-refractivity contribution in [2.24, 2.45) is 17.8 Å². The average molecular weight is 415 g/mol. The van der Waals surface area contributed by atoms with E-state index in [1.165, 1.54) is 44.2 Å². The van der Waals surface area contributed by atoms with Gasteiger partial charge in [0.2, 0.25) is 0 Å². The highest BCUT2D eigenvalue weighted by atomic mass is 19.1. The van der Waals surface area contributed by atoms with Crippen LogP contribution in [0, 0.1) is 35.2 Å². The van der Waals surface area contributed by atoms with E-state index in [1.807, 2.05) is 0 Å². The Kier molecular flexibility index (Phi) is 6.55. The van der Waals surface area contributed by atoms with E-state index in [0.29, 0.717) is 30.1 Å². The number of allylic oxidation sites excluding steroid dienone is 1. The van der Waals surface area contributed by atoms with Crippen molar-refractivity contribution in [3.63, 3.8) is 0 Å². The molecule has 0 saturated heterocycles. The fourth-order valence-corrected chi connectivity index (χ4v) is 6.19. The molecule has 2 saturated carbocycles. The summed E-state index contributed by atoms with van der Waals surface area (Å²) in [6.07, 6.45) is 12.0. The van der Waals surface area contributed by atoms with Crippen molar-refractivity contribution >= 4 is 10.8 Å². The standard InChI is InChI=1S/C27H33F3/c1-3-5-7-18-13-22-16-24(29)25(27(30)26(22)23(28)14-18)21-11-10-19-12-17(6-4-2)8-9-20(19)15-21/h3,13-14,16-17,19-21H,1,4-12,15H2,2H3. The van der Waals surface area contributed by atoms with Gasteiger partial charge in [-0.3, -0.25) is 0 Å². The molecule has 0 nitrogen and oxygen atoms in total. The van der Waals surface area contributed by atoms with Crippen molar-refractivity contribution in [3.8, 4) is 0 Å². The number of hydrogen-bond acceptors (Lipinski definition) is 0. The van der Waals surface area contributed by atoms with Crippen molar-refractivity contribution < 1.29 is 13.2 Å². The van der Waals surface area contributed by atoms with Crippen LogP contribution in [0.1, 0.15) is 81.8 Å². The predicted octanol–water partition coefficient (Wildman–Crippen LogP) is 8.48. The van der Waals surface area contributed by atoms with Gasteiger partial charge in [-0.05, 0) is 91.7 Å². The van der Waals surface area contributed by atoms with Gasteiger partial charge in [-0.1, -0.05) is 38.3 Å². The molecular formula is C27H33F3. The second-order valence-electron chi connectivity index (χ2n) is 9.59. The molecule has 30 heavy (non-hydrogen) atoms. The van der Waals surface area contributed by atoms with Crippen LogP contribution < -0.4 is 0 Å². The summed E-state index contributed by atoms with van der Waals surface area (Å²) < 4.78 is 45.3. The highest BCUT2D eigenvalue weighted by Gasteiger charge is 2.37. The minimum atomic E-state index is -0.680. The second-order valence-corrected chi connectivity index (χ2v) is 9.59. The fourth-order valence-electron chi connectivity index (χ4n) is 6.19. The molecule has 0 radical (unpaired) electrons. The summed E-state index contributed by atoms with van der Waals surface area (Å²) in [4.78, 5) is 0. The average Bonchev–Trinajstić information content (AvgIpc) is 2.72. The van der Waals surface area contributed by atoms with E-state index < -0.39 is 17.5 Å². The normalized spacial score (nSPS) is 26.5. The quantitative estimate of drug-likeness (QED) is 0.416. The van der Waals surface area contributed by atoms with Gasteiger partial charge < -0.3 is 0 Å². The molecule has 2 fully saturated rings. The Hall–Kier alpha value is -1.77. The number of aryl methyl sites for hydroxylation is 1. The summed E-state index contributed by atoms with van der Waals surface area (Å²) in [6.45, 7) is 5.93. The molecule has 2 aliphatic rings. The Balaban J connectivity index is 1.60. The Bertz CT molecular complexity index is 916. The van der Waals surface area contributed by atoms with Gasteiger partial charge in [-0.25, -0.2) is 13.2 Å². The first-order valence-electron chi connectivity index (χ1n) is 11.7. The number of benzene rings is 2. The molecular weight excluding hydrogens is 381 g/mol. The zero-order valence-electron chi connectivity index (χ0n) is 18.0. The molecule has 2 aliphatic carbocycles. The van der Waals surface area contributed by atoms with Gasteiger partial charge in [-0.15, -0.1) is 6.58 Å². The Morgan fingerprint density at radius 3 is 2.50 bits per heavy atom. The van der Waals surface area contributed by atoms with Gasteiger partial charge in [0.25, 0.3) is 0 Å². The fraction of sp³-hybridized carbons (Fsp3) is 0.556. The van der Waals surface area contributed by atoms with Crippen LogP contribution >= 0.6 is 0 Å². The first kappa shape index (κ1) is 21.5. The maximum atomic E-state index is 15.4. The monoisotopic (exact) mass is 414 g/mol. The minimum absolute atomic E-state index is 0.0532. The molecule has 4 atom stereocenters. The lowest BCUT2D eigenvalue weighted by Crippen LogP contribution is -2.31. The Morgan fingerprint density at radius 1 is 0.967 bits per heavy atom. The molecule has 2 aromatic carbocycles. The lowest BCUT2D eigenvalue weighted by atomic mass is 9.63. The van der Waals surface area contributed by atoms with E-state index >= 15 is 8.78 Å². The largest absolute Gasteiger partial charge is 0.207 e. The van der Waals surface area contributed by atoms with Gasteiger partial charge in [0.05, 0.1) is 5.39 Å². The van der Waals surface area contributed by atoms with Crippen LogP contribution in [0.2, 0.25) is 0 Å². The third kappa shape index (κ3) is 4.18.